The van der Waals surface area contributed by atoms with E-state index in [-0.39, 0.29) is 0 Å². The summed E-state index contributed by atoms with van der Waals surface area (Å²) >= 11 is 5.27. The van der Waals surface area contributed by atoms with Gasteiger partial charge in [-0.2, -0.15) is 0 Å². The lowest BCUT2D eigenvalue weighted by atomic mass is 10.2. The molecule has 1 fully saturated rings. The van der Waals surface area contributed by atoms with Gasteiger partial charge in [0.05, 0.1) is 0 Å². The first kappa shape index (κ1) is 12.6. The third-order valence-electron chi connectivity index (χ3n) is 3.38. The molecule has 2 rings (SSSR count). The Kier molecular flexibility index (Phi) is 3.53. The highest BCUT2D eigenvalue weighted by atomic mass is 32.1. The van der Waals surface area contributed by atoms with E-state index in [0.29, 0.717) is 16.9 Å². The number of rotatable bonds is 3. The van der Waals surface area contributed by atoms with Crippen LogP contribution in [0.5, 0.6) is 0 Å². The van der Waals surface area contributed by atoms with Crippen LogP contribution in [0.15, 0.2) is 0 Å². The van der Waals surface area contributed by atoms with Crippen LogP contribution in [-0.2, 0) is 0 Å². The first-order chi connectivity index (χ1) is 8.00. The van der Waals surface area contributed by atoms with Crippen LogP contribution in [-0.4, -0.2) is 52.9 Å². The zero-order chi connectivity index (χ0) is 12.6. The van der Waals surface area contributed by atoms with Gasteiger partial charge in [-0.25, -0.2) is 5.10 Å². The standard InChI is InChI=1S/C11H21N5S/c1-8(2)16-10(12-13-11(16)17)15-6-5-9(7-15)14(3)4/h8-9H,5-7H2,1-4H3,(H,13,17). The molecule has 1 N–H and O–H groups in total. The molecule has 96 valence electrons. The number of hydrogen-bond donors (Lipinski definition) is 1. The Morgan fingerprint density at radius 2 is 2.18 bits per heavy atom. The highest BCUT2D eigenvalue weighted by Gasteiger charge is 2.27. The SMILES string of the molecule is CC(C)n1c(N2CCC(N(C)C)C2)n[nH]c1=S. The summed E-state index contributed by atoms with van der Waals surface area (Å²) in [5.41, 5.74) is 0. The van der Waals surface area contributed by atoms with Crippen molar-refractivity contribution in [2.45, 2.75) is 32.4 Å². The summed E-state index contributed by atoms with van der Waals surface area (Å²) in [6.45, 7) is 6.34. The maximum absolute atomic E-state index is 5.27. The van der Waals surface area contributed by atoms with Crippen LogP contribution >= 0.6 is 12.2 Å². The highest BCUT2D eigenvalue weighted by molar-refractivity contribution is 7.71. The third kappa shape index (κ3) is 2.37. The lowest BCUT2D eigenvalue weighted by Crippen LogP contribution is -2.32. The average Bonchev–Trinajstić information content (AvgIpc) is 2.82. The van der Waals surface area contributed by atoms with Gasteiger partial charge < -0.3 is 9.80 Å². The van der Waals surface area contributed by atoms with Crippen LogP contribution in [0.3, 0.4) is 0 Å². The van der Waals surface area contributed by atoms with Gasteiger partial charge in [0, 0.05) is 25.2 Å². The van der Waals surface area contributed by atoms with Crippen molar-refractivity contribution in [3.8, 4) is 0 Å². The van der Waals surface area contributed by atoms with Crippen LogP contribution in [0.4, 0.5) is 5.95 Å². The molecule has 6 heteroatoms. The van der Waals surface area contributed by atoms with E-state index in [4.69, 9.17) is 12.2 Å². The third-order valence-corrected chi connectivity index (χ3v) is 3.67. The zero-order valence-corrected chi connectivity index (χ0v) is 11.8. The molecule has 17 heavy (non-hydrogen) atoms. The molecule has 0 spiro atoms. The molecule has 2 heterocycles. The van der Waals surface area contributed by atoms with Gasteiger partial charge in [-0.05, 0) is 46.6 Å². The van der Waals surface area contributed by atoms with Gasteiger partial charge in [0.15, 0.2) is 4.77 Å². The molecule has 0 aliphatic carbocycles. The number of H-pyrrole nitrogens is 1. The normalized spacial score (nSPS) is 20.8. The lowest BCUT2D eigenvalue weighted by Gasteiger charge is -2.22. The number of aromatic amines is 1. The van der Waals surface area contributed by atoms with E-state index < -0.39 is 0 Å². The van der Waals surface area contributed by atoms with Gasteiger partial charge >= 0.3 is 0 Å². The molecule has 0 bridgehead atoms. The maximum atomic E-state index is 5.27. The van der Waals surface area contributed by atoms with Crippen LogP contribution in [0, 0.1) is 4.77 Å². The number of nitrogens with one attached hydrogen (secondary N) is 1. The van der Waals surface area contributed by atoms with E-state index in [1.54, 1.807) is 0 Å². The Balaban J connectivity index is 2.22. The minimum absolute atomic E-state index is 0.342. The Morgan fingerprint density at radius 3 is 2.71 bits per heavy atom. The van der Waals surface area contributed by atoms with Crippen LogP contribution in [0.2, 0.25) is 0 Å². The van der Waals surface area contributed by atoms with E-state index in [0.717, 1.165) is 19.0 Å². The second-order valence-electron chi connectivity index (χ2n) is 5.14. The van der Waals surface area contributed by atoms with Crippen molar-refractivity contribution in [2.75, 3.05) is 32.1 Å². The maximum Gasteiger partial charge on any atom is 0.226 e. The number of nitrogens with zero attached hydrogens (tertiary/aromatic N) is 4. The van der Waals surface area contributed by atoms with Crippen molar-refractivity contribution < 1.29 is 0 Å². The summed E-state index contributed by atoms with van der Waals surface area (Å²) < 4.78 is 2.80. The smallest absolute Gasteiger partial charge is 0.226 e. The summed E-state index contributed by atoms with van der Waals surface area (Å²) in [4.78, 5) is 4.60. The Labute approximate surface area is 107 Å². The van der Waals surface area contributed by atoms with Crippen molar-refractivity contribution in [2.24, 2.45) is 0 Å². The Morgan fingerprint density at radius 1 is 1.47 bits per heavy atom. The van der Waals surface area contributed by atoms with Crippen molar-refractivity contribution >= 4 is 18.2 Å². The van der Waals surface area contributed by atoms with Crippen molar-refractivity contribution in [3.05, 3.63) is 4.77 Å². The fourth-order valence-electron chi connectivity index (χ4n) is 2.33. The monoisotopic (exact) mass is 255 g/mol. The average molecular weight is 255 g/mol. The van der Waals surface area contributed by atoms with Gasteiger partial charge in [-0.3, -0.25) is 4.57 Å². The summed E-state index contributed by atoms with van der Waals surface area (Å²) in [6, 6.07) is 0.954. The van der Waals surface area contributed by atoms with E-state index >= 15 is 0 Å². The fourth-order valence-corrected chi connectivity index (χ4v) is 2.67. The predicted octanol–water partition coefficient (Wildman–Crippen LogP) is 1.66. The zero-order valence-electron chi connectivity index (χ0n) is 11.0. The predicted molar refractivity (Wildman–Crippen MR) is 72.1 cm³/mol. The minimum Gasteiger partial charge on any atom is -0.339 e. The van der Waals surface area contributed by atoms with Crippen LogP contribution in [0.25, 0.3) is 0 Å². The molecule has 0 amide bonds. The molecule has 0 saturated carbocycles. The van der Waals surface area contributed by atoms with E-state index in [9.17, 15) is 0 Å². The summed E-state index contributed by atoms with van der Waals surface area (Å²) in [6.07, 6.45) is 1.19. The first-order valence-electron chi connectivity index (χ1n) is 6.09. The highest BCUT2D eigenvalue weighted by Crippen LogP contribution is 2.23. The number of hydrogen-bond acceptors (Lipinski definition) is 4. The summed E-state index contributed by atoms with van der Waals surface area (Å²) in [7, 11) is 4.27. The molecular formula is C11H21N5S. The molecule has 0 radical (unpaired) electrons. The molecule has 1 aliphatic rings. The summed E-state index contributed by atoms with van der Waals surface area (Å²) in [5, 5.41) is 7.27. The second-order valence-corrected chi connectivity index (χ2v) is 5.53. The van der Waals surface area contributed by atoms with Crippen molar-refractivity contribution in [3.63, 3.8) is 0 Å². The quantitative estimate of drug-likeness (QED) is 0.834. The number of likely N-dealkylation sites (N-methyl/N-ethyl adjacent to an activating group) is 1. The topological polar surface area (TPSA) is 40.1 Å². The van der Waals surface area contributed by atoms with Gasteiger partial charge in [0.2, 0.25) is 5.95 Å². The van der Waals surface area contributed by atoms with Crippen molar-refractivity contribution in [1.29, 1.82) is 0 Å². The molecule has 5 nitrogen and oxygen atoms in total. The molecule has 1 unspecified atom stereocenters. The van der Waals surface area contributed by atoms with E-state index in [1.165, 1.54) is 6.42 Å². The molecule has 1 aliphatic heterocycles. The largest absolute Gasteiger partial charge is 0.339 e. The van der Waals surface area contributed by atoms with Gasteiger partial charge in [-0.1, -0.05) is 0 Å². The molecule has 0 aromatic carbocycles. The second kappa shape index (κ2) is 4.78. The van der Waals surface area contributed by atoms with Gasteiger partial charge in [0.1, 0.15) is 0 Å². The minimum atomic E-state index is 0.342. The fraction of sp³-hybridized carbons (Fsp3) is 0.818. The van der Waals surface area contributed by atoms with E-state index in [2.05, 4.69) is 52.5 Å². The molecule has 1 aromatic rings. The van der Waals surface area contributed by atoms with E-state index in [1.807, 2.05) is 0 Å². The van der Waals surface area contributed by atoms with Crippen LogP contribution in [0.1, 0.15) is 26.3 Å². The lowest BCUT2D eigenvalue weighted by molar-refractivity contribution is 0.315. The molecule has 1 saturated heterocycles. The Bertz CT molecular complexity index is 433. The number of anilines is 1. The van der Waals surface area contributed by atoms with Gasteiger partial charge in [-0.15, -0.1) is 5.10 Å². The van der Waals surface area contributed by atoms with Gasteiger partial charge in [0.25, 0.3) is 0 Å². The van der Waals surface area contributed by atoms with Crippen molar-refractivity contribution in [1.82, 2.24) is 19.7 Å². The Hall–Kier alpha value is -0.880. The molecule has 1 aromatic heterocycles. The summed E-state index contributed by atoms with van der Waals surface area (Å²) in [5.74, 6) is 0.981. The van der Waals surface area contributed by atoms with Crippen LogP contribution < -0.4 is 4.90 Å². The number of aromatic nitrogens is 3. The first-order valence-corrected chi connectivity index (χ1v) is 6.49. The molecule has 1 atom stereocenters. The molecular weight excluding hydrogens is 234 g/mol.